The van der Waals surface area contributed by atoms with E-state index >= 15 is 0 Å². The SMILES string of the molecule is C/C=C/CC/C=C/CC/C=C/C(O)C(COC1OC(CO)C(O)C(O)C1O)NC(=O)CCCCCCCCCCCCCCCCC/C=C\C/C=C\CCCCCCCCCCCOC(=O)CCCCCCCCCCCCCCC. The summed E-state index contributed by atoms with van der Waals surface area (Å²) in [6.45, 7) is 4.10. The van der Waals surface area contributed by atoms with Crippen LogP contribution in [0.1, 0.15) is 309 Å². The number of hydrogen-bond donors (Lipinski definition) is 6. The van der Waals surface area contributed by atoms with Crippen LogP contribution in [0.5, 0.6) is 0 Å². The van der Waals surface area contributed by atoms with Crippen molar-refractivity contribution in [1.29, 1.82) is 0 Å². The van der Waals surface area contributed by atoms with Crippen LogP contribution in [0.4, 0.5) is 0 Å². The third-order valence-electron chi connectivity index (χ3n) is 15.9. The lowest BCUT2D eigenvalue weighted by molar-refractivity contribution is -0.302. The number of rotatable bonds is 59. The van der Waals surface area contributed by atoms with E-state index in [4.69, 9.17) is 14.2 Å². The van der Waals surface area contributed by atoms with Gasteiger partial charge in [-0.1, -0.05) is 273 Å². The molecule has 0 bridgehead atoms. The van der Waals surface area contributed by atoms with Crippen LogP contribution >= 0.6 is 0 Å². The van der Waals surface area contributed by atoms with Crippen molar-refractivity contribution < 1.29 is 49.3 Å². The quantitative estimate of drug-likeness (QED) is 0.0195. The second kappa shape index (κ2) is 59.1. The molecule has 1 amide bonds. The maximum Gasteiger partial charge on any atom is 0.305 e. The summed E-state index contributed by atoms with van der Waals surface area (Å²) in [4.78, 5) is 25.0. The van der Waals surface area contributed by atoms with E-state index in [1.807, 2.05) is 19.1 Å². The third kappa shape index (κ3) is 48.3. The van der Waals surface area contributed by atoms with Crippen molar-refractivity contribution in [2.45, 2.75) is 352 Å². The predicted octanol–water partition coefficient (Wildman–Crippen LogP) is 17.0. The molecule has 1 saturated heterocycles. The van der Waals surface area contributed by atoms with Gasteiger partial charge in [0.1, 0.15) is 24.4 Å². The van der Waals surface area contributed by atoms with Crippen LogP contribution in [-0.4, -0.2) is 100 Å². The number of esters is 1. The number of amides is 1. The number of hydrogen-bond acceptors (Lipinski definition) is 10. The number of carbonyl (C=O) groups is 2. The molecular formula is C70H127NO10. The standard InChI is InChI=1S/C70H127NO10/c1-3-5-7-9-11-13-14-34-38-42-46-50-54-58-66(75)79-59-55-51-47-43-39-36-33-31-29-27-25-23-21-19-17-15-16-18-20-22-24-26-28-30-32-35-37-41-45-49-53-57-65(74)71-62(63(73)56-52-48-44-40-12-10-8-6-4-2)61-80-70-69(78)68(77)67(76)64(60-72)81-70/h4,6,12,17,19,23,25,40,52,56,62-64,67-70,72-73,76-78H,3,5,7-11,13-16,18,20-22,24,26-39,41-51,53-55,57-61H2,1-2H3,(H,71,74)/b6-4+,19-17-,25-23-,40-12+,56-52+. The molecule has 0 aromatic heterocycles. The highest BCUT2D eigenvalue weighted by Crippen LogP contribution is 2.23. The molecule has 0 aromatic carbocycles. The molecular weight excluding hydrogens is 1010 g/mol. The Hall–Kier alpha value is -2.64. The Labute approximate surface area is 497 Å². The minimum atomic E-state index is -1.58. The first-order chi connectivity index (χ1) is 39.7. The molecule has 11 heteroatoms. The van der Waals surface area contributed by atoms with Crippen LogP contribution in [0.3, 0.4) is 0 Å². The first-order valence-electron chi connectivity index (χ1n) is 34.0. The van der Waals surface area contributed by atoms with Crippen LogP contribution < -0.4 is 5.32 Å². The van der Waals surface area contributed by atoms with Crippen LogP contribution in [0.25, 0.3) is 0 Å². The Morgan fingerprint density at radius 1 is 0.481 bits per heavy atom. The summed E-state index contributed by atoms with van der Waals surface area (Å²) in [5.74, 6) is -0.193. The van der Waals surface area contributed by atoms with Gasteiger partial charge in [-0.2, -0.15) is 0 Å². The van der Waals surface area contributed by atoms with Crippen molar-refractivity contribution in [2.75, 3.05) is 19.8 Å². The van der Waals surface area contributed by atoms with Gasteiger partial charge in [0.2, 0.25) is 5.91 Å². The van der Waals surface area contributed by atoms with Crippen molar-refractivity contribution >= 4 is 11.9 Å². The van der Waals surface area contributed by atoms with Gasteiger partial charge in [0, 0.05) is 12.8 Å². The summed E-state index contributed by atoms with van der Waals surface area (Å²) >= 11 is 0. The molecule has 0 radical (unpaired) electrons. The van der Waals surface area contributed by atoms with E-state index in [0.29, 0.717) is 19.4 Å². The zero-order valence-corrected chi connectivity index (χ0v) is 52.2. The first-order valence-corrected chi connectivity index (χ1v) is 34.0. The van der Waals surface area contributed by atoms with Crippen LogP contribution in [0.15, 0.2) is 60.8 Å². The molecule has 81 heavy (non-hydrogen) atoms. The summed E-state index contributed by atoms with van der Waals surface area (Å²) in [5, 5.41) is 54.2. The van der Waals surface area contributed by atoms with E-state index in [1.54, 1.807) is 6.08 Å². The van der Waals surface area contributed by atoms with Gasteiger partial charge in [0.25, 0.3) is 0 Å². The normalized spacial score (nSPS) is 18.6. The first kappa shape index (κ1) is 76.4. The summed E-state index contributed by atoms with van der Waals surface area (Å²) in [5.41, 5.74) is 0. The molecule has 1 rings (SSSR count). The number of aliphatic hydroxyl groups excluding tert-OH is 5. The zero-order valence-electron chi connectivity index (χ0n) is 52.2. The topological polar surface area (TPSA) is 175 Å². The molecule has 1 fully saturated rings. The Morgan fingerprint density at radius 2 is 0.889 bits per heavy atom. The van der Waals surface area contributed by atoms with Gasteiger partial charge in [0.15, 0.2) is 6.29 Å². The molecule has 0 saturated carbocycles. The number of allylic oxidation sites excluding steroid dienone is 9. The minimum absolute atomic E-state index is 0.00600. The van der Waals surface area contributed by atoms with Gasteiger partial charge in [-0.25, -0.2) is 0 Å². The van der Waals surface area contributed by atoms with Crippen molar-refractivity contribution in [3.8, 4) is 0 Å². The summed E-state index contributed by atoms with van der Waals surface area (Å²) in [6, 6.07) is -0.834. The maximum absolute atomic E-state index is 13.0. The summed E-state index contributed by atoms with van der Waals surface area (Å²) in [7, 11) is 0. The number of aliphatic hydroxyl groups is 5. The molecule has 1 aliphatic heterocycles. The number of nitrogens with one attached hydrogen (secondary N) is 1. The second-order valence-electron chi connectivity index (χ2n) is 23.5. The van der Waals surface area contributed by atoms with Gasteiger partial charge >= 0.3 is 5.97 Å². The molecule has 472 valence electrons. The molecule has 7 unspecified atom stereocenters. The number of carbonyl (C=O) groups excluding carboxylic acids is 2. The monoisotopic (exact) mass is 1140 g/mol. The highest BCUT2D eigenvalue weighted by molar-refractivity contribution is 5.76. The maximum atomic E-state index is 13.0. The fraction of sp³-hybridized carbons (Fsp3) is 0.829. The van der Waals surface area contributed by atoms with Crippen LogP contribution in [0, 0.1) is 0 Å². The molecule has 0 spiro atoms. The van der Waals surface area contributed by atoms with Gasteiger partial charge in [-0.05, 0) is 84.0 Å². The Kier molecular flexibility index (Phi) is 55.7. The molecule has 1 heterocycles. The Balaban J connectivity index is 1.94. The third-order valence-corrected chi connectivity index (χ3v) is 15.9. The summed E-state index contributed by atoms with van der Waals surface area (Å²) < 4.78 is 16.7. The number of ether oxygens (including phenoxy) is 3. The average molecular weight is 1140 g/mol. The van der Waals surface area contributed by atoms with E-state index < -0.39 is 49.5 Å². The van der Waals surface area contributed by atoms with E-state index in [0.717, 1.165) is 70.6 Å². The fourth-order valence-electron chi connectivity index (χ4n) is 10.6. The fourth-order valence-corrected chi connectivity index (χ4v) is 10.6. The Morgan fingerprint density at radius 3 is 1.36 bits per heavy atom. The highest BCUT2D eigenvalue weighted by Gasteiger charge is 2.44. The molecule has 1 aliphatic rings. The van der Waals surface area contributed by atoms with Crippen molar-refractivity contribution in [1.82, 2.24) is 5.32 Å². The largest absolute Gasteiger partial charge is 0.466 e. The van der Waals surface area contributed by atoms with E-state index in [-0.39, 0.29) is 18.5 Å². The average Bonchev–Trinajstić information content (AvgIpc) is 3.48. The van der Waals surface area contributed by atoms with Crippen LogP contribution in [-0.2, 0) is 23.8 Å². The highest BCUT2D eigenvalue weighted by atomic mass is 16.7. The lowest BCUT2D eigenvalue weighted by Crippen LogP contribution is -2.60. The Bertz CT molecular complexity index is 1530. The zero-order chi connectivity index (χ0) is 58.7. The lowest BCUT2D eigenvalue weighted by atomic mass is 9.99. The van der Waals surface area contributed by atoms with Crippen molar-refractivity contribution in [3.05, 3.63) is 60.8 Å². The molecule has 0 aliphatic carbocycles. The van der Waals surface area contributed by atoms with Gasteiger partial charge in [0.05, 0.1) is 32.0 Å². The molecule has 6 N–H and O–H groups in total. The lowest BCUT2D eigenvalue weighted by Gasteiger charge is -2.40. The minimum Gasteiger partial charge on any atom is -0.466 e. The molecule has 7 atom stereocenters. The van der Waals surface area contributed by atoms with Crippen LogP contribution in [0.2, 0.25) is 0 Å². The van der Waals surface area contributed by atoms with E-state index in [1.165, 1.54) is 212 Å². The molecule has 0 aromatic rings. The summed E-state index contributed by atoms with van der Waals surface area (Å²) in [6.07, 6.45) is 68.2. The number of unbranched alkanes of at least 4 members (excludes halogenated alkanes) is 38. The smallest absolute Gasteiger partial charge is 0.305 e. The van der Waals surface area contributed by atoms with Gasteiger partial charge in [-0.3, -0.25) is 9.59 Å². The van der Waals surface area contributed by atoms with E-state index in [9.17, 15) is 35.1 Å². The second-order valence-corrected chi connectivity index (χ2v) is 23.5. The molecule has 11 nitrogen and oxygen atoms in total. The van der Waals surface area contributed by atoms with Gasteiger partial charge in [-0.15, -0.1) is 0 Å². The van der Waals surface area contributed by atoms with Crippen molar-refractivity contribution in [2.24, 2.45) is 0 Å². The van der Waals surface area contributed by atoms with E-state index in [2.05, 4.69) is 54.8 Å². The predicted molar refractivity (Wildman–Crippen MR) is 338 cm³/mol. The van der Waals surface area contributed by atoms with Crippen molar-refractivity contribution in [3.63, 3.8) is 0 Å². The van der Waals surface area contributed by atoms with Gasteiger partial charge < -0.3 is 45.1 Å².